The quantitative estimate of drug-likeness (QED) is 0.862. The second kappa shape index (κ2) is 4.69. The van der Waals surface area contributed by atoms with E-state index >= 15 is 0 Å². The fourth-order valence-electron chi connectivity index (χ4n) is 1.61. The minimum Gasteiger partial charge on any atom is -0.383 e. The lowest BCUT2D eigenvalue weighted by Gasteiger charge is -2.15. The number of nitrogens with zero attached hydrogens (tertiary/aromatic N) is 1. The zero-order valence-corrected chi connectivity index (χ0v) is 9.66. The van der Waals surface area contributed by atoms with Gasteiger partial charge in [0.15, 0.2) is 0 Å². The van der Waals surface area contributed by atoms with Gasteiger partial charge in [-0.15, -0.1) is 0 Å². The summed E-state index contributed by atoms with van der Waals surface area (Å²) in [5, 5.41) is 0.278. The van der Waals surface area contributed by atoms with Crippen molar-refractivity contribution >= 4 is 17.4 Å². The van der Waals surface area contributed by atoms with Crippen LogP contribution in [0.4, 0.5) is 10.2 Å². The van der Waals surface area contributed by atoms with E-state index in [0.29, 0.717) is 16.9 Å². The van der Waals surface area contributed by atoms with E-state index in [1.165, 1.54) is 12.1 Å². The molecule has 88 valence electrons. The van der Waals surface area contributed by atoms with Gasteiger partial charge in [0.1, 0.15) is 11.6 Å². The number of nitrogens with two attached hydrogens (primary N) is 2. The van der Waals surface area contributed by atoms with Gasteiger partial charge < -0.3 is 11.5 Å². The Labute approximate surface area is 103 Å². The summed E-state index contributed by atoms with van der Waals surface area (Å²) in [6.07, 6.45) is 1.58. The van der Waals surface area contributed by atoms with E-state index in [4.69, 9.17) is 23.1 Å². The summed E-state index contributed by atoms with van der Waals surface area (Å²) in [6.45, 7) is 0. The molecule has 0 amide bonds. The van der Waals surface area contributed by atoms with E-state index in [0.717, 1.165) is 0 Å². The van der Waals surface area contributed by atoms with Crippen molar-refractivity contribution in [2.24, 2.45) is 5.73 Å². The number of anilines is 1. The van der Waals surface area contributed by atoms with Crippen LogP contribution in [0, 0.1) is 5.82 Å². The van der Waals surface area contributed by atoms with E-state index < -0.39 is 11.9 Å². The summed E-state index contributed by atoms with van der Waals surface area (Å²) in [4.78, 5) is 3.95. The smallest absolute Gasteiger partial charge is 0.128 e. The molecule has 2 rings (SSSR count). The van der Waals surface area contributed by atoms with Gasteiger partial charge in [-0.2, -0.15) is 0 Å². The topological polar surface area (TPSA) is 64.9 Å². The highest BCUT2D eigenvalue weighted by Crippen LogP contribution is 2.28. The molecular weight excluding hydrogens is 241 g/mol. The molecule has 0 radical (unpaired) electrons. The number of nitrogen functional groups attached to an aromatic ring is 1. The van der Waals surface area contributed by atoms with E-state index in [9.17, 15) is 4.39 Å². The van der Waals surface area contributed by atoms with E-state index in [-0.39, 0.29) is 5.02 Å². The van der Waals surface area contributed by atoms with Crippen molar-refractivity contribution in [1.29, 1.82) is 0 Å². The first-order chi connectivity index (χ1) is 8.09. The maximum atomic E-state index is 12.9. The van der Waals surface area contributed by atoms with Crippen molar-refractivity contribution < 1.29 is 4.39 Å². The van der Waals surface area contributed by atoms with E-state index in [1.54, 1.807) is 24.4 Å². The van der Waals surface area contributed by atoms with Crippen molar-refractivity contribution in [3.63, 3.8) is 0 Å². The molecule has 1 atom stereocenters. The van der Waals surface area contributed by atoms with Crippen LogP contribution in [0.2, 0.25) is 5.02 Å². The van der Waals surface area contributed by atoms with Crippen LogP contribution in [0.5, 0.6) is 0 Å². The van der Waals surface area contributed by atoms with Crippen molar-refractivity contribution in [1.82, 2.24) is 4.98 Å². The van der Waals surface area contributed by atoms with Crippen LogP contribution >= 0.6 is 11.6 Å². The summed E-state index contributed by atoms with van der Waals surface area (Å²) < 4.78 is 12.9. The molecule has 4 N–H and O–H groups in total. The standard InChI is InChI=1S/C12H11ClFN3/c13-10-6-7(14)3-4-8(10)11(15)9-2-1-5-17-12(9)16/h1-6,11H,15H2,(H2,16,17). The van der Waals surface area contributed by atoms with Gasteiger partial charge >= 0.3 is 0 Å². The molecule has 0 aliphatic carbocycles. The number of aromatic nitrogens is 1. The largest absolute Gasteiger partial charge is 0.383 e. The van der Waals surface area contributed by atoms with Crippen molar-refractivity contribution in [2.75, 3.05) is 5.73 Å². The molecule has 0 saturated heterocycles. The van der Waals surface area contributed by atoms with Gasteiger partial charge in [-0.25, -0.2) is 9.37 Å². The number of hydrogen-bond acceptors (Lipinski definition) is 3. The molecular formula is C12H11ClFN3. The molecule has 3 nitrogen and oxygen atoms in total. The highest BCUT2D eigenvalue weighted by molar-refractivity contribution is 6.31. The molecule has 0 saturated carbocycles. The first-order valence-corrected chi connectivity index (χ1v) is 5.38. The number of rotatable bonds is 2. The average molecular weight is 252 g/mol. The van der Waals surface area contributed by atoms with Crippen LogP contribution in [0.3, 0.4) is 0 Å². The molecule has 5 heteroatoms. The molecule has 2 aromatic rings. The van der Waals surface area contributed by atoms with E-state index in [1.807, 2.05) is 0 Å². The van der Waals surface area contributed by atoms with E-state index in [2.05, 4.69) is 4.98 Å². The molecule has 0 fully saturated rings. The van der Waals surface area contributed by atoms with Crippen LogP contribution in [-0.4, -0.2) is 4.98 Å². The monoisotopic (exact) mass is 251 g/mol. The number of halogens is 2. The van der Waals surface area contributed by atoms with Gasteiger partial charge in [0.25, 0.3) is 0 Å². The number of benzene rings is 1. The van der Waals surface area contributed by atoms with Crippen LogP contribution in [0.15, 0.2) is 36.5 Å². The zero-order valence-electron chi connectivity index (χ0n) is 8.90. The van der Waals surface area contributed by atoms with Gasteiger partial charge in [-0.1, -0.05) is 23.7 Å². The minimum absolute atomic E-state index is 0.278. The lowest BCUT2D eigenvalue weighted by molar-refractivity contribution is 0.626. The van der Waals surface area contributed by atoms with Crippen LogP contribution in [0.1, 0.15) is 17.2 Å². The normalized spacial score (nSPS) is 12.4. The SMILES string of the molecule is Nc1ncccc1C(N)c1ccc(F)cc1Cl. The third-order valence-corrected chi connectivity index (χ3v) is 2.83. The average Bonchev–Trinajstić information content (AvgIpc) is 2.29. The Balaban J connectivity index is 2.44. The molecule has 0 aliphatic rings. The Kier molecular flexibility index (Phi) is 3.26. The molecule has 0 bridgehead atoms. The third-order valence-electron chi connectivity index (χ3n) is 2.50. The molecule has 1 aromatic carbocycles. The van der Waals surface area contributed by atoms with Gasteiger partial charge in [0, 0.05) is 16.8 Å². The maximum Gasteiger partial charge on any atom is 0.128 e. The van der Waals surface area contributed by atoms with Crippen molar-refractivity contribution in [3.8, 4) is 0 Å². The summed E-state index contributed by atoms with van der Waals surface area (Å²) in [5.74, 6) is -0.0505. The van der Waals surface area contributed by atoms with Crippen LogP contribution in [-0.2, 0) is 0 Å². The van der Waals surface area contributed by atoms with Gasteiger partial charge in [-0.3, -0.25) is 0 Å². The predicted octanol–water partition coefficient (Wildman–Crippen LogP) is 2.50. The minimum atomic E-state index is -0.517. The summed E-state index contributed by atoms with van der Waals surface area (Å²) in [5.41, 5.74) is 13.1. The Hall–Kier alpha value is -1.65. The second-order valence-corrected chi connectivity index (χ2v) is 4.03. The Morgan fingerprint density at radius 3 is 2.65 bits per heavy atom. The van der Waals surface area contributed by atoms with Crippen molar-refractivity contribution in [2.45, 2.75) is 6.04 Å². The molecule has 17 heavy (non-hydrogen) atoms. The van der Waals surface area contributed by atoms with Crippen molar-refractivity contribution in [3.05, 3.63) is 58.5 Å². The second-order valence-electron chi connectivity index (χ2n) is 3.62. The van der Waals surface area contributed by atoms with Gasteiger partial charge in [-0.05, 0) is 23.8 Å². The third kappa shape index (κ3) is 2.38. The van der Waals surface area contributed by atoms with Gasteiger partial charge in [0.05, 0.1) is 6.04 Å². The number of pyridine rings is 1. The molecule has 0 aliphatic heterocycles. The first-order valence-electron chi connectivity index (χ1n) is 5.00. The Bertz CT molecular complexity index is 545. The predicted molar refractivity (Wildman–Crippen MR) is 66.1 cm³/mol. The van der Waals surface area contributed by atoms with Crippen LogP contribution < -0.4 is 11.5 Å². The fraction of sp³-hybridized carbons (Fsp3) is 0.0833. The Morgan fingerprint density at radius 1 is 1.24 bits per heavy atom. The lowest BCUT2D eigenvalue weighted by atomic mass is 10.00. The summed E-state index contributed by atoms with van der Waals surface area (Å²) >= 11 is 5.95. The number of hydrogen-bond donors (Lipinski definition) is 2. The van der Waals surface area contributed by atoms with Gasteiger partial charge in [0.2, 0.25) is 0 Å². The zero-order chi connectivity index (χ0) is 12.4. The molecule has 1 heterocycles. The Morgan fingerprint density at radius 2 is 2.00 bits per heavy atom. The highest BCUT2D eigenvalue weighted by Gasteiger charge is 2.15. The summed E-state index contributed by atoms with van der Waals surface area (Å²) in [6, 6.07) is 7.08. The highest BCUT2D eigenvalue weighted by atomic mass is 35.5. The first kappa shape index (κ1) is 11.8. The fourth-order valence-corrected chi connectivity index (χ4v) is 1.90. The lowest BCUT2D eigenvalue weighted by Crippen LogP contribution is -2.15. The molecule has 1 unspecified atom stereocenters. The van der Waals surface area contributed by atoms with Crippen LogP contribution in [0.25, 0.3) is 0 Å². The summed E-state index contributed by atoms with van der Waals surface area (Å²) in [7, 11) is 0. The molecule has 0 spiro atoms. The maximum absolute atomic E-state index is 12.9. The molecule has 1 aromatic heterocycles.